The molecule has 9 nitrogen and oxygen atoms in total. The van der Waals surface area contributed by atoms with E-state index in [1.165, 1.54) is 0 Å². The van der Waals surface area contributed by atoms with Gasteiger partial charge in [0, 0.05) is 12.5 Å². The maximum atomic E-state index is 14.6. The number of aryl methyl sites for hydroxylation is 1. The lowest BCUT2D eigenvalue weighted by molar-refractivity contribution is -0.159. The molecule has 3 amide bonds. The van der Waals surface area contributed by atoms with Gasteiger partial charge >= 0.3 is 12.1 Å². The maximum absolute atomic E-state index is 14.6. The standard InChI is InChI=1S/C36H51N3O6S/c1-24-15-12-13-20-27(24)30(31(40)37-29(33(42)44-35(2,3)4)23-25-16-10-9-11-17-25)39(26-18-14-19-26)32(41)28(21-22-46-8)38-34(43)45-36(5,6)7/h9-13,15-17,20,26,28-30H,14,18-19,21-23H2,1-8H3,(H,37,40)(H,38,43). The van der Waals surface area contributed by atoms with Crippen LogP contribution in [-0.4, -0.2) is 70.1 Å². The molecule has 0 saturated heterocycles. The van der Waals surface area contributed by atoms with Crippen LogP contribution in [-0.2, 0) is 30.3 Å². The van der Waals surface area contributed by atoms with Crippen molar-refractivity contribution in [1.29, 1.82) is 0 Å². The fraction of sp³-hybridized carbons (Fsp3) is 0.556. The number of ether oxygens (including phenoxy) is 2. The van der Waals surface area contributed by atoms with Gasteiger partial charge in [-0.1, -0.05) is 54.6 Å². The molecule has 0 bridgehead atoms. The minimum atomic E-state index is -1.04. The molecule has 1 fully saturated rings. The average Bonchev–Trinajstić information content (AvgIpc) is 2.92. The molecule has 0 heterocycles. The predicted molar refractivity (Wildman–Crippen MR) is 182 cm³/mol. The van der Waals surface area contributed by atoms with Gasteiger partial charge in [0.15, 0.2) is 0 Å². The van der Waals surface area contributed by atoms with E-state index >= 15 is 0 Å². The summed E-state index contributed by atoms with van der Waals surface area (Å²) in [6.45, 7) is 12.5. The molecule has 46 heavy (non-hydrogen) atoms. The van der Waals surface area contributed by atoms with E-state index in [0.717, 1.165) is 30.4 Å². The third-order valence-electron chi connectivity index (χ3n) is 7.62. The number of carbonyl (C=O) groups is 4. The molecule has 10 heteroatoms. The number of nitrogens with one attached hydrogen (secondary N) is 2. The van der Waals surface area contributed by atoms with Crippen molar-refractivity contribution in [1.82, 2.24) is 15.5 Å². The Morgan fingerprint density at radius 1 is 0.870 bits per heavy atom. The van der Waals surface area contributed by atoms with E-state index in [1.54, 1.807) is 58.2 Å². The van der Waals surface area contributed by atoms with E-state index in [2.05, 4.69) is 10.6 Å². The number of alkyl carbamates (subject to hydrolysis) is 1. The highest BCUT2D eigenvalue weighted by Crippen LogP contribution is 2.35. The van der Waals surface area contributed by atoms with Crippen LogP contribution < -0.4 is 10.6 Å². The molecule has 3 rings (SSSR count). The van der Waals surface area contributed by atoms with E-state index < -0.39 is 47.3 Å². The zero-order valence-corrected chi connectivity index (χ0v) is 29.4. The van der Waals surface area contributed by atoms with Gasteiger partial charge in [0.05, 0.1) is 0 Å². The number of amides is 3. The van der Waals surface area contributed by atoms with E-state index in [4.69, 9.17) is 9.47 Å². The Balaban J connectivity index is 2.06. The third kappa shape index (κ3) is 11.1. The molecule has 2 aromatic rings. The topological polar surface area (TPSA) is 114 Å². The van der Waals surface area contributed by atoms with Crippen LogP contribution in [0.1, 0.15) is 90.0 Å². The van der Waals surface area contributed by atoms with Crippen molar-refractivity contribution >= 4 is 35.6 Å². The van der Waals surface area contributed by atoms with Gasteiger partial charge in [-0.05, 0) is 103 Å². The van der Waals surface area contributed by atoms with Gasteiger partial charge in [0.2, 0.25) is 11.8 Å². The minimum Gasteiger partial charge on any atom is -0.458 e. The molecule has 3 atom stereocenters. The van der Waals surface area contributed by atoms with Crippen LogP contribution >= 0.6 is 11.8 Å². The van der Waals surface area contributed by atoms with Gasteiger partial charge in [-0.2, -0.15) is 11.8 Å². The van der Waals surface area contributed by atoms with Crippen molar-refractivity contribution in [2.45, 2.75) is 116 Å². The van der Waals surface area contributed by atoms with Crippen molar-refractivity contribution in [3.63, 3.8) is 0 Å². The molecule has 0 spiro atoms. The number of thioether (sulfide) groups is 1. The number of rotatable bonds is 13. The third-order valence-corrected chi connectivity index (χ3v) is 8.27. The molecular weight excluding hydrogens is 602 g/mol. The first-order chi connectivity index (χ1) is 21.6. The Morgan fingerprint density at radius 3 is 2.02 bits per heavy atom. The Kier molecular flexibility index (Phi) is 13.1. The van der Waals surface area contributed by atoms with E-state index in [-0.39, 0.29) is 18.4 Å². The van der Waals surface area contributed by atoms with Gasteiger partial charge < -0.3 is 25.0 Å². The number of carbonyl (C=O) groups excluding carboxylic acids is 4. The first kappa shape index (κ1) is 36.9. The second kappa shape index (κ2) is 16.3. The van der Waals surface area contributed by atoms with Crippen molar-refractivity contribution in [3.8, 4) is 0 Å². The van der Waals surface area contributed by atoms with Crippen molar-refractivity contribution in [2.24, 2.45) is 0 Å². The second-order valence-electron chi connectivity index (χ2n) is 13.9. The molecule has 0 aromatic heterocycles. The molecule has 252 valence electrons. The summed E-state index contributed by atoms with van der Waals surface area (Å²) in [4.78, 5) is 57.2. The molecule has 1 aliphatic carbocycles. The van der Waals surface area contributed by atoms with Gasteiger partial charge in [-0.3, -0.25) is 9.59 Å². The molecule has 1 saturated carbocycles. The Hall–Kier alpha value is -3.53. The Morgan fingerprint density at radius 2 is 1.48 bits per heavy atom. The zero-order chi connectivity index (χ0) is 34.1. The number of esters is 1. The predicted octanol–water partition coefficient (Wildman–Crippen LogP) is 6.13. The SMILES string of the molecule is CSCCC(NC(=O)OC(C)(C)C)C(=O)N(C1CCC1)C(C(=O)NC(Cc1ccccc1)C(=O)OC(C)(C)C)c1ccccc1C. The Bertz CT molecular complexity index is 1330. The van der Waals surface area contributed by atoms with Crippen LogP contribution in [0.25, 0.3) is 0 Å². The minimum absolute atomic E-state index is 0.214. The van der Waals surface area contributed by atoms with Crippen LogP contribution in [0.5, 0.6) is 0 Å². The molecular formula is C36H51N3O6S. The van der Waals surface area contributed by atoms with Gasteiger partial charge in [-0.25, -0.2) is 9.59 Å². The quantitative estimate of drug-likeness (QED) is 0.250. The fourth-order valence-corrected chi connectivity index (χ4v) is 5.75. The highest BCUT2D eigenvalue weighted by molar-refractivity contribution is 7.98. The summed E-state index contributed by atoms with van der Waals surface area (Å²) in [7, 11) is 0. The molecule has 0 aliphatic heterocycles. The van der Waals surface area contributed by atoms with Gasteiger partial charge in [0.25, 0.3) is 0 Å². The van der Waals surface area contributed by atoms with Crippen LogP contribution in [0, 0.1) is 6.92 Å². The summed E-state index contributed by atoms with van der Waals surface area (Å²) in [6.07, 6.45) is 4.19. The summed E-state index contributed by atoms with van der Waals surface area (Å²) < 4.78 is 11.2. The number of hydrogen-bond acceptors (Lipinski definition) is 7. The second-order valence-corrected chi connectivity index (χ2v) is 14.8. The lowest BCUT2D eigenvalue weighted by atomic mass is 9.87. The monoisotopic (exact) mass is 653 g/mol. The van der Waals surface area contributed by atoms with E-state index in [0.29, 0.717) is 17.7 Å². The largest absolute Gasteiger partial charge is 0.458 e. The first-order valence-corrected chi connectivity index (χ1v) is 17.4. The maximum Gasteiger partial charge on any atom is 0.408 e. The summed E-state index contributed by atoms with van der Waals surface area (Å²) in [6, 6.07) is 13.7. The summed E-state index contributed by atoms with van der Waals surface area (Å²) in [5.41, 5.74) is 0.833. The summed E-state index contributed by atoms with van der Waals surface area (Å²) in [5.74, 6) is -0.782. The molecule has 2 N–H and O–H groups in total. The molecule has 3 unspecified atom stereocenters. The molecule has 2 aromatic carbocycles. The average molecular weight is 654 g/mol. The number of nitrogens with zero attached hydrogens (tertiary/aromatic N) is 1. The lowest BCUT2D eigenvalue weighted by Gasteiger charge is -2.44. The molecule has 1 aliphatic rings. The zero-order valence-electron chi connectivity index (χ0n) is 28.6. The Labute approximate surface area is 278 Å². The van der Waals surface area contributed by atoms with Crippen molar-refractivity contribution < 1.29 is 28.7 Å². The lowest BCUT2D eigenvalue weighted by Crippen LogP contribution is -2.59. The van der Waals surface area contributed by atoms with Gasteiger partial charge in [-0.15, -0.1) is 0 Å². The summed E-state index contributed by atoms with van der Waals surface area (Å²) >= 11 is 1.56. The van der Waals surface area contributed by atoms with Crippen LogP contribution in [0.3, 0.4) is 0 Å². The highest BCUT2D eigenvalue weighted by atomic mass is 32.2. The first-order valence-electron chi connectivity index (χ1n) is 16.0. The van der Waals surface area contributed by atoms with Crippen LogP contribution in [0.4, 0.5) is 4.79 Å². The van der Waals surface area contributed by atoms with E-state index in [9.17, 15) is 19.2 Å². The highest BCUT2D eigenvalue weighted by Gasteiger charge is 2.43. The number of hydrogen-bond donors (Lipinski definition) is 2. The summed E-state index contributed by atoms with van der Waals surface area (Å²) in [5, 5.41) is 5.78. The van der Waals surface area contributed by atoms with Gasteiger partial charge in [0.1, 0.15) is 29.3 Å². The molecule has 0 radical (unpaired) electrons. The van der Waals surface area contributed by atoms with E-state index in [1.807, 2.05) is 67.8 Å². The number of benzene rings is 2. The fourth-order valence-electron chi connectivity index (χ4n) is 5.28. The van der Waals surface area contributed by atoms with Crippen molar-refractivity contribution in [3.05, 3.63) is 71.3 Å². The van der Waals surface area contributed by atoms with Crippen LogP contribution in [0.15, 0.2) is 54.6 Å². The normalized spacial score (nSPS) is 15.5. The van der Waals surface area contributed by atoms with Crippen molar-refractivity contribution in [2.75, 3.05) is 12.0 Å². The van der Waals surface area contributed by atoms with Crippen LogP contribution in [0.2, 0.25) is 0 Å². The smallest absolute Gasteiger partial charge is 0.408 e.